The minimum atomic E-state index is -3.59. The molecule has 0 aliphatic carbocycles. The predicted molar refractivity (Wildman–Crippen MR) is 82.5 cm³/mol. The van der Waals surface area contributed by atoms with Crippen LogP contribution in [0.3, 0.4) is 0 Å². The van der Waals surface area contributed by atoms with Crippen molar-refractivity contribution in [2.24, 2.45) is 0 Å². The van der Waals surface area contributed by atoms with Gasteiger partial charge in [0.05, 0.1) is 28.7 Å². The maximum Gasteiger partial charge on any atom is 0.243 e. The van der Waals surface area contributed by atoms with Gasteiger partial charge in [-0.1, -0.05) is 19.1 Å². The lowest BCUT2D eigenvalue weighted by Crippen LogP contribution is -2.26. The number of nitrogens with zero attached hydrogens (tertiary/aromatic N) is 2. The Bertz CT molecular complexity index is 684. The maximum atomic E-state index is 12.5. The van der Waals surface area contributed by atoms with Gasteiger partial charge >= 0.3 is 0 Å². The highest BCUT2D eigenvalue weighted by atomic mass is 32.2. The van der Waals surface area contributed by atoms with Crippen LogP contribution in [0.15, 0.2) is 40.1 Å². The molecule has 0 spiro atoms. The second-order valence-corrected chi connectivity index (χ2v) is 7.50. The monoisotopic (exact) mass is 326 g/mol. The van der Waals surface area contributed by atoms with Crippen molar-refractivity contribution >= 4 is 21.4 Å². The van der Waals surface area contributed by atoms with Crippen LogP contribution >= 0.6 is 11.3 Å². The van der Waals surface area contributed by atoms with Crippen LogP contribution in [-0.4, -0.2) is 29.9 Å². The summed E-state index contributed by atoms with van der Waals surface area (Å²) in [6.45, 7) is 2.08. The number of aliphatic hydroxyl groups excluding tert-OH is 1. The average molecular weight is 326 g/mol. The molecule has 1 aromatic carbocycles. The molecule has 2 rings (SSSR count). The molecule has 2 aromatic rings. The standard InChI is InChI=1S/C14H18N2O3S2/c1-3-14(17)11-5-4-6-13(7-11)21(18,19)16(2)8-12-9-20-10-15-12/h4-7,9-10,14,17H,3,8H2,1-2H3. The van der Waals surface area contributed by atoms with Gasteiger partial charge in [-0.05, 0) is 24.1 Å². The summed E-state index contributed by atoms with van der Waals surface area (Å²) >= 11 is 1.43. The van der Waals surface area contributed by atoms with Crippen LogP contribution in [0.4, 0.5) is 0 Å². The van der Waals surface area contributed by atoms with E-state index in [2.05, 4.69) is 4.98 Å². The van der Waals surface area contributed by atoms with Crippen LogP contribution in [0.5, 0.6) is 0 Å². The number of thiazole rings is 1. The van der Waals surface area contributed by atoms with Crippen molar-refractivity contribution in [2.75, 3.05) is 7.05 Å². The number of benzene rings is 1. The van der Waals surface area contributed by atoms with Crippen molar-refractivity contribution in [2.45, 2.75) is 30.9 Å². The van der Waals surface area contributed by atoms with E-state index in [-0.39, 0.29) is 11.4 Å². The first-order chi connectivity index (χ1) is 9.95. The summed E-state index contributed by atoms with van der Waals surface area (Å²) in [5.74, 6) is 0. The van der Waals surface area contributed by atoms with E-state index in [1.54, 1.807) is 23.7 Å². The molecule has 0 bridgehead atoms. The molecule has 0 aliphatic heterocycles. The van der Waals surface area contributed by atoms with Crippen LogP contribution in [0, 0.1) is 0 Å². The minimum Gasteiger partial charge on any atom is -0.388 e. The number of sulfonamides is 1. The minimum absolute atomic E-state index is 0.185. The molecule has 7 heteroatoms. The first-order valence-corrected chi connectivity index (χ1v) is 8.95. The Kier molecular flexibility index (Phi) is 5.10. The van der Waals surface area contributed by atoms with Crippen LogP contribution in [0.2, 0.25) is 0 Å². The number of aliphatic hydroxyl groups is 1. The van der Waals surface area contributed by atoms with Crippen molar-refractivity contribution in [1.82, 2.24) is 9.29 Å². The summed E-state index contributed by atoms with van der Waals surface area (Å²) in [6.07, 6.45) is -0.109. The highest BCUT2D eigenvalue weighted by molar-refractivity contribution is 7.89. The van der Waals surface area contributed by atoms with Gasteiger partial charge in [0.1, 0.15) is 0 Å². The van der Waals surface area contributed by atoms with E-state index in [0.29, 0.717) is 12.0 Å². The molecule has 21 heavy (non-hydrogen) atoms. The predicted octanol–water partition coefficient (Wildman–Crippen LogP) is 2.41. The Morgan fingerprint density at radius 1 is 1.43 bits per heavy atom. The lowest BCUT2D eigenvalue weighted by Gasteiger charge is -2.17. The highest BCUT2D eigenvalue weighted by Gasteiger charge is 2.22. The molecule has 1 heterocycles. The first-order valence-electron chi connectivity index (χ1n) is 6.56. The molecular weight excluding hydrogens is 308 g/mol. The lowest BCUT2D eigenvalue weighted by molar-refractivity contribution is 0.173. The fraction of sp³-hybridized carbons (Fsp3) is 0.357. The van der Waals surface area contributed by atoms with Crippen LogP contribution < -0.4 is 0 Å². The smallest absolute Gasteiger partial charge is 0.243 e. The zero-order valence-corrected chi connectivity index (χ0v) is 13.6. The summed E-state index contributed by atoms with van der Waals surface area (Å²) < 4.78 is 26.3. The second kappa shape index (κ2) is 6.65. The Morgan fingerprint density at radius 3 is 2.81 bits per heavy atom. The third-order valence-corrected chi connectivity index (χ3v) is 5.64. The van der Waals surface area contributed by atoms with Gasteiger partial charge in [0.15, 0.2) is 0 Å². The Labute approximate surface area is 128 Å². The van der Waals surface area contributed by atoms with Gasteiger partial charge < -0.3 is 5.11 Å². The van der Waals surface area contributed by atoms with Gasteiger partial charge in [-0.15, -0.1) is 11.3 Å². The van der Waals surface area contributed by atoms with Gasteiger partial charge in [0.2, 0.25) is 10.0 Å². The fourth-order valence-corrected chi connectivity index (χ4v) is 3.67. The molecule has 1 atom stereocenters. The second-order valence-electron chi connectivity index (χ2n) is 4.74. The molecule has 0 fully saturated rings. The number of hydrogen-bond donors (Lipinski definition) is 1. The van der Waals surface area contributed by atoms with E-state index in [1.807, 2.05) is 12.3 Å². The molecule has 0 aliphatic rings. The van der Waals surface area contributed by atoms with Crippen molar-refractivity contribution in [1.29, 1.82) is 0 Å². The average Bonchev–Trinajstić information content (AvgIpc) is 2.99. The summed E-state index contributed by atoms with van der Waals surface area (Å²) in [7, 11) is -2.07. The summed E-state index contributed by atoms with van der Waals surface area (Å²) in [5, 5.41) is 11.7. The van der Waals surface area contributed by atoms with Gasteiger partial charge in [-0.2, -0.15) is 4.31 Å². The van der Waals surface area contributed by atoms with Gasteiger partial charge in [0, 0.05) is 12.4 Å². The Hall–Kier alpha value is -1.28. The first kappa shape index (κ1) is 16.1. The Balaban J connectivity index is 2.26. The molecule has 5 nitrogen and oxygen atoms in total. The number of aromatic nitrogens is 1. The topological polar surface area (TPSA) is 70.5 Å². The van der Waals surface area contributed by atoms with E-state index >= 15 is 0 Å². The van der Waals surface area contributed by atoms with Crippen molar-refractivity contribution < 1.29 is 13.5 Å². The zero-order valence-electron chi connectivity index (χ0n) is 11.9. The maximum absolute atomic E-state index is 12.5. The van der Waals surface area contributed by atoms with Crippen LogP contribution in [-0.2, 0) is 16.6 Å². The van der Waals surface area contributed by atoms with Crippen LogP contribution in [0.1, 0.15) is 30.7 Å². The third-order valence-electron chi connectivity index (χ3n) is 3.21. The van der Waals surface area contributed by atoms with E-state index in [9.17, 15) is 13.5 Å². The van der Waals surface area contributed by atoms with Crippen molar-refractivity contribution in [3.63, 3.8) is 0 Å². The molecule has 0 saturated carbocycles. The molecular formula is C14H18N2O3S2. The van der Waals surface area contributed by atoms with E-state index in [4.69, 9.17) is 0 Å². The molecule has 0 radical (unpaired) electrons. The zero-order chi connectivity index (χ0) is 15.5. The molecule has 1 unspecified atom stereocenters. The SMILES string of the molecule is CCC(O)c1cccc(S(=O)(=O)N(C)Cc2cscn2)c1. The fourth-order valence-electron chi connectivity index (χ4n) is 1.93. The highest BCUT2D eigenvalue weighted by Crippen LogP contribution is 2.22. The summed E-state index contributed by atoms with van der Waals surface area (Å²) in [6, 6.07) is 6.45. The number of rotatable bonds is 6. The van der Waals surface area contributed by atoms with Gasteiger partial charge in [0.25, 0.3) is 0 Å². The third kappa shape index (κ3) is 3.68. The van der Waals surface area contributed by atoms with E-state index in [0.717, 1.165) is 5.69 Å². The summed E-state index contributed by atoms with van der Waals surface area (Å²) in [4.78, 5) is 4.28. The number of hydrogen-bond acceptors (Lipinski definition) is 5. The van der Waals surface area contributed by atoms with Crippen LogP contribution in [0.25, 0.3) is 0 Å². The lowest BCUT2D eigenvalue weighted by atomic mass is 10.1. The van der Waals surface area contributed by atoms with E-state index < -0.39 is 16.1 Å². The van der Waals surface area contributed by atoms with E-state index in [1.165, 1.54) is 28.8 Å². The Morgan fingerprint density at radius 2 is 2.19 bits per heavy atom. The molecule has 114 valence electrons. The van der Waals surface area contributed by atoms with Crippen molar-refractivity contribution in [3.05, 3.63) is 46.4 Å². The molecule has 0 saturated heterocycles. The normalized spacial score (nSPS) is 13.5. The van der Waals surface area contributed by atoms with Gasteiger partial charge in [-0.3, -0.25) is 0 Å². The quantitative estimate of drug-likeness (QED) is 0.885. The van der Waals surface area contributed by atoms with Crippen molar-refractivity contribution in [3.8, 4) is 0 Å². The molecule has 1 N–H and O–H groups in total. The molecule has 1 aromatic heterocycles. The largest absolute Gasteiger partial charge is 0.388 e. The van der Waals surface area contributed by atoms with Gasteiger partial charge in [-0.25, -0.2) is 13.4 Å². The molecule has 0 amide bonds. The summed E-state index contributed by atoms with van der Waals surface area (Å²) in [5.41, 5.74) is 3.00.